The zero-order chi connectivity index (χ0) is 21.2. The molecular weight excluding hydrogens is 380 g/mol. The van der Waals surface area contributed by atoms with E-state index in [-0.39, 0.29) is 28.8 Å². The van der Waals surface area contributed by atoms with Crippen LogP contribution in [0.1, 0.15) is 44.0 Å². The largest absolute Gasteiger partial charge is 0.479 e. The minimum atomic E-state index is -0.302. The fourth-order valence-electron chi connectivity index (χ4n) is 4.75. The summed E-state index contributed by atoms with van der Waals surface area (Å²) in [5.41, 5.74) is 1.40. The van der Waals surface area contributed by atoms with E-state index in [0.717, 1.165) is 32.2 Å². The molecule has 2 fully saturated rings. The van der Waals surface area contributed by atoms with Gasteiger partial charge in [0, 0.05) is 5.54 Å². The second kappa shape index (κ2) is 7.92. The fourth-order valence-corrected chi connectivity index (χ4v) is 4.75. The number of nitriles is 1. The van der Waals surface area contributed by atoms with Gasteiger partial charge in [0.1, 0.15) is 11.8 Å². The number of nitrogens with zero attached hydrogens (tertiary/aromatic N) is 4. The molecular formula is C22H26N6O2. The van der Waals surface area contributed by atoms with Crippen molar-refractivity contribution in [2.75, 3.05) is 25.1 Å². The van der Waals surface area contributed by atoms with Crippen LogP contribution in [0.15, 0.2) is 36.5 Å². The van der Waals surface area contributed by atoms with Gasteiger partial charge in [-0.15, -0.1) is 0 Å². The summed E-state index contributed by atoms with van der Waals surface area (Å²) in [7, 11) is 1.47. The molecule has 4 rings (SSSR count). The van der Waals surface area contributed by atoms with Crippen LogP contribution in [-0.4, -0.2) is 41.7 Å². The third kappa shape index (κ3) is 3.46. The molecule has 1 spiro atoms. The molecule has 2 amide bonds. The number of urea groups is 1. The van der Waals surface area contributed by atoms with Crippen LogP contribution in [-0.2, 0) is 5.54 Å². The number of ether oxygens (including phenoxy) is 1. The lowest BCUT2D eigenvalue weighted by atomic mass is 9.69. The second-order valence-electron chi connectivity index (χ2n) is 7.98. The lowest BCUT2D eigenvalue weighted by Crippen LogP contribution is -2.54. The molecule has 0 unspecified atom stereocenters. The zero-order valence-corrected chi connectivity index (χ0v) is 17.3. The van der Waals surface area contributed by atoms with Crippen molar-refractivity contribution >= 4 is 11.7 Å². The van der Waals surface area contributed by atoms with E-state index in [0.29, 0.717) is 12.2 Å². The Hall–Kier alpha value is -3.18. The first-order chi connectivity index (χ1) is 14.5. The first-order valence-electron chi connectivity index (χ1n) is 10.3. The van der Waals surface area contributed by atoms with Gasteiger partial charge in [-0.05, 0) is 37.8 Å². The Bertz CT molecular complexity index is 963. The van der Waals surface area contributed by atoms with E-state index in [1.165, 1.54) is 18.9 Å². The summed E-state index contributed by atoms with van der Waals surface area (Å²) in [6.45, 7) is 3.54. The molecule has 1 saturated heterocycles. The molecule has 1 aromatic carbocycles. The third-order valence-electron chi connectivity index (χ3n) is 6.30. The molecule has 2 heterocycles. The maximum atomic E-state index is 12.9. The molecule has 1 aliphatic heterocycles. The van der Waals surface area contributed by atoms with Crippen molar-refractivity contribution in [1.29, 1.82) is 5.26 Å². The number of nitrogens with one attached hydrogen (secondary N) is 2. The topological polar surface area (TPSA) is 103 Å². The highest BCUT2D eigenvalue weighted by Crippen LogP contribution is 2.44. The molecule has 1 aliphatic carbocycles. The first-order valence-corrected chi connectivity index (χ1v) is 10.3. The Morgan fingerprint density at radius 2 is 2.00 bits per heavy atom. The Labute approximate surface area is 176 Å². The molecule has 0 atom stereocenters. The number of carbonyl (C=O) groups excluding carboxylic acids is 1. The monoisotopic (exact) mass is 406 g/mol. The van der Waals surface area contributed by atoms with E-state index in [4.69, 9.17) is 10.00 Å². The minimum absolute atomic E-state index is 0.0147. The van der Waals surface area contributed by atoms with Crippen molar-refractivity contribution in [3.63, 3.8) is 0 Å². The van der Waals surface area contributed by atoms with E-state index >= 15 is 0 Å². The molecule has 8 nitrogen and oxygen atoms in total. The van der Waals surface area contributed by atoms with Crippen molar-refractivity contribution in [2.45, 2.75) is 43.7 Å². The van der Waals surface area contributed by atoms with Crippen molar-refractivity contribution in [2.24, 2.45) is 0 Å². The summed E-state index contributed by atoms with van der Waals surface area (Å²) in [5.74, 6) is 0.247. The first kappa shape index (κ1) is 20.1. The van der Waals surface area contributed by atoms with Crippen LogP contribution in [0.5, 0.6) is 5.88 Å². The Morgan fingerprint density at radius 1 is 1.27 bits per heavy atom. The summed E-state index contributed by atoms with van der Waals surface area (Å²) >= 11 is 0. The van der Waals surface area contributed by atoms with Gasteiger partial charge in [0.25, 0.3) is 0 Å². The smallest absolute Gasteiger partial charge is 0.322 e. The van der Waals surface area contributed by atoms with Gasteiger partial charge in [-0.2, -0.15) is 10.2 Å². The predicted molar refractivity (Wildman–Crippen MR) is 112 cm³/mol. The van der Waals surface area contributed by atoms with E-state index in [2.05, 4.69) is 51.8 Å². The number of hydrogen-bond acceptors (Lipinski definition) is 6. The highest BCUT2D eigenvalue weighted by Gasteiger charge is 2.49. The van der Waals surface area contributed by atoms with E-state index in [1.807, 2.05) is 12.1 Å². The standard InChI is InChI=1S/C22H26N6O2/c1-3-25-22(16-7-5-4-6-8-16)11-9-21(10-12-22)15-28(20(29)27-21)17-14-24-18(13-23)26-19(17)30-2/h4-8,14,25H,3,9-12,15H2,1-2H3,(H,27,29)/t21-,22+. The fraction of sp³-hybridized carbons (Fsp3) is 0.455. The van der Waals surface area contributed by atoms with Gasteiger partial charge in [-0.3, -0.25) is 4.90 Å². The van der Waals surface area contributed by atoms with Crippen molar-refractivity contribution in [3.8, 4) is 11.9 Å². The van der Waals surface area contributed by atoms with Crippen molar-refractivity contribution in [1.82, 2.24) is 20.6 Å². The van der Waals surface area contributed by atoms with Gasteiger partial charge in [-0.1, -0.05) is 37.3 Å². The van der Waals surface area contributed by atoms with Gasteiger partial charge in [0.15, 0.2) is 0 Å². The number of carbonyl (C=O) groups is 1. The van der Waals surface area contributed by atoms with Crippen LogP contribution in [0.4, 0.5) is 10.5 Å². The van der Waals surface area contributed by atoms with Crippen LogP contribution >= 0.6 is 0 Å². The van der Waals surface area contributed by atoms with Crippen LogP contribution in [0, 0.1) is 11.3 Å². The number of amides is 2. The Balaban J connectivity index is 1.56. The summed E-state index contributed by atoms with van der Waals surface area (Å²) in [5, 5.41) is 15.9. The van der Waals surface area contributed by atoms with Gasteiger partial charge < -0.3 is 15.4 Å². The predicted octanol–water partition coefficient (Wildman–Crippen LogP) is 2.70. The van der Waals surface area contributed by atoms with Crippen molar-refractivity contribution in [3.05, 3.63) is 47.9 Å². The molecule has 1 aromatic heterocycles. The maximum Gasteiger partial charge on any atom is 0.322 e. The SMILES string of the molecule is CCN[C@]1(c2ccccc2)CC[C@]2(CC1)CN(c1cnc(C#N)nc1OC)C(=O)N2. The number of rotatable bonds is 5. The minimum Gasteiger partial charge on any atom is -0.479 e. The van der Waals surface area contributed by atoms with Crippen molar-refractivity contribution < 1.29 is 9.53 Å². The number of hydrogen-bond donors (Lipinski definition) is 2. The molecule has 0 bridgehead atoms. The summed E-state index contributed by atoms with van der Waals surface area (Å²) < 4.78 is 5.31. The molecule has 0 radical (unpaired) electrons. The molecule has 30 heavy (non-hydrogen) atoms. The quantitative estimate of drug-likeness (QED) is 0.791. The average Bonchev–Trinajstić information content (AvgIpc) is 3.11. The van der Waals surface area contributed by atoms with Crippen LogP contribution in [0.3, 0.4) is 0 Å². The number of methoxy groups -OCH3 is 1. The van der Waals surface area contributed by atoms with Gasteiger partial charge in [0.2, 0.25) is 11.7 Å². The molecule has 8 heteroatoms. The van der Waals surface area contributed by atoms with Gasteiger partial charge >= 0.3 is 6.03 Å². The second-order valence-corrected chi connectivity index (χ2v) is 7.98. The van der Waals surface area contributed by atoms with Crippen LogP contribution < -0.4 is 20.3 Å². The Morgan fingerprint density at radius 3 is 2.63 bits per heavy atom. The molecule has 2 aliphatic rings. The Kier molecular flexibility index (Phi) is 5.31. The molecule has 2 N–H and O–H groups in total. The highest BCUT2D eigenvalue weighted by molar-refractivity contribution is 5.96. The average molecular weight is 406 g/mol. The van der Waals surface area contributed by atoms with E-state index in [1.54, 1.807) is 4.90 Å². The normalized spacial score (nSPS) is 25.8. The van der Waals surface area contributed by atoms with E-state index in [9.17, 15) is 4.79 Å². The summed E-state index contributed by atoms with van der Waals surface area (Å²) in [6, 6.07) is 12.3. The third-order valence-corrected chi connectivity index (χ3v) is 6.30. The highest BCUT2D eigenvalue weighted by atomic mass is 16.5. The summed E-state index contributed by atoms with van der Waals surface area (Å²) in [4.78, 5) is 22.6. The summed E-state index contributed by atoms with van der Waals surface area (Å²) in [6.07, 6.45) is 5.06. The number of anilines is 1. The van der Waals surface area contributed by atoms with E-state index < -0.39 is 0 Å². The maximum absolute atomic E-state index is 12.9. The molecule has 156 valence electrons. The van der Waals surface area contributed by atoms with Crippen LogP contribution in [0.25, 0.3) is 0 Å². The lowest BCUT2D eigenvalue weighted by Gasteiger charge is -2.45. The lowest BCUT2D eigenvalue weighted by molar-refractivity contribution is 0.161. The van der Waals surface area contributed by atoms with Gasteiger partial charge in [0.05, 0.1) is 25.4 Å². The zero-order valence-electron chi connectivity index (χ0n) is 17.3. The van der Waals surface area contributed by atoms with Crippen LogP contribution in [0.2, 0.25) is 0 Å². The number of benzene rings is 1. The molecule has 1 saturated carbocycles. The number of aromatic nitrogens is 2. The molecule has 2 aromatic rings. The van der Waals surface area contributed by atoms with Gasteiger partial charge in [-0.25, -0.2) is 9.78 Å².